The van der Waals surface area contributed by atoms with Crippen LogP contribution in [0.1, 0.15) is 30.6 Å². The van der Waals surface area contributed by atoms with E-state index in [0.717, 1.165) is 23.2 Å². The zero-order valence-corrected chi connectivity index (χ0v) is 14.4. The van der Waals surface area contributed by atoms with Gasteiger partial charge in [0.25, 0.3) is 0 Å². The van der Waals surface area contributed by atoms with Crippen LogP contribution >= 0.6 is 0 Å². The Labute approximate surface area is 138 Å². The fourth-order valence-corrected chi connectivity index (χ4v) is 2.31. The molecule has 0 unspecified atom stereocenters. The summed E-state index contributed by atoms with van der Waals surface area (Å²) in [5.74, 6) is 0.266. The van der Waals surface area contributed by atoms with Crippen LogP contribution < -0.4 is 4.90 Å². The Hall–Kier alpha value is -2.29. The number of carbonyl (C=O) groups excluding carboxylic acids is 1. The third kappa shape index (κ3) is 4.59. The van der Waals surface area contributed by atoms with Crippen LogP contribution in [-0.2, 0) is 4.74 Å². The van der Waals surface area contributed by atoms with E-state index >= 15 is 0 Å². The van der Waals surface area contributed by atoms with Crippen molar-refractivity contribution in [2.45, 2.75) is 20.3 Å². The molecule has 2 aromatic rings. The normalized spacial score (nSPS) is 10.7. The van der Waals surface area contributed by atoms with Crippen molar-refractivity contribution in [2.75, 3.05) is 25.6 Å². The molecule has 122 valence electrons. The van der Waals surface area contributed by atoms with Crippen molar-refractivity contribution in [1.82, 2.24) is 0 Å². The summed E-state index contributed by atoms with van der Waals surface area (Å²) in [6.07, 6.45) is 0.877. The van der Waals surface area contributed by atoms with Crippen LogP contribution in [0.5, 0.6) is 0 Å². The molecule has 0 heterocycles. The maximum absolute atomic E-state index is 12.5. The summed E-state index contributed by atoms with van der Waals surface area (Å²) in [7, 11) is 3.98. The lowest BCUT2D eigenvalue weighted by Gasteiger charge is -2.17. The Balaban J connectivity index is 2.33. The summed E-state index contributed by atoms with van der Waals surface area (Å²) in [5, 5.41) is 0. The van der Waals surface area contributed by atoms with Crippen molar-refractivity contribution >= 4 is 11.7 Å². The van der Waals surface area contributed by atoms with Crippen molar-refractivity contribution in [3.63, 3.8) is 0 Å². The van der Waals surface area contributed by atoms with Gasteiger partial charge in [-0.3, -0.25) is 0 Å². The van der Waals surface area contributed by atoms with Crippen LogP contribution in [0.2, 0.25) is 0 Å². The molecule has 3 nitrogen and oxygen atoms in total. The van der Waals surface area contributed by atoms with E-state index in [-0.39, 0.29) is 5.97 Å². The molecule has 0 saturated heterocycles. The third-order valence-electron chi connectivity index (χ3n) is 3.75. The largest absolute Gasteiger partial charge is 0.462 e. The number of hydrogen-bond donors (Lipinski definition) is 0. The summed E-state index contributed by atoms with van der Waals surface area (Å²) >= 11 is 0. The van der Waals surface area contributed by atoms with Gasteiger partial charge in [0.2, 0.25) is 0 Å². The smallest absolute Gasteiger partial charge is 0.338 e. The highest BCUT2D eigenvalue weighted by molar-refractivity contribution is 5.98. The van der Waals surface area contributed by atoms with Crippen LogP contribution in [-0.4, -0.2) is 26.7 Å². The zero-order valence-electron chi connectivity index (χ0n) is 14.4. The monoisotopic (exact) mass is 311 g/mol. The molecule has 0 radical (unpaired) electrons. The average molecular weight is 311 g/mol. The number of esters is 1. The third-order valence-corrected chi connectivity index (χ3v) is 3.75. The van der Waals surface area contributed by atoms with Crippen molar-refractivity contribution < 1.29 is 9.53 Å². The summed E-state index contributed by atoms with van der Waals surface area (Å²) < 4.78 is 5.45. The maximum atomic E-state index is 12.5. The van der Waals surface area contributed by atoms with Gasteiger partial charge < -0.3 is 9.64 Å². The second-order valence-electron chi connectivity index (χ2n) is 6.31. The first-order valence-corrected chi connectivity index (χ1v) is 8.03. The number of ether oxygens (including phenoxy) is 1. The first kappa shape index (κ1) is 17.1. The van der Waals surface area contributed by atoms with Crippen LogP contribution in [0.3, 0.4) is 0 Å². The maximum Gasteiger partial charge on any atom is 0.338 e. The minimum absolute atomic E-state index is 0.255. The molecule has 0 amide bonds. The first-order chi connectivity index (χ1) is 11.0. The summed E-state index contributed by atoms with van der Waals surface area (Å²) in [6, 6.07) is 15.8. The van der Waals surface area contributed by atoms with Crippen LogP contribution in [0, 0.1) is 5.92 Å². The Kier molecular flexibility index (Phi) is 5.80. The number of carbonyl (C=O) groups is 1. The summed E-state index contributed by atoms with van der Waals surface area (Å²) in [6.45, 7) is 4.70. The zero-order chi connectivity index (χ0) is 16.8. The first-order valence-electron chi connectivity index (χ1n) is 8.03. The molecule has 0 aliphatic carbocycles. The minimum atomic E-state index is -0.255. The predicted molar refractivity (Wildman–Crippen MR) is 95.9 cm³/mol. The lowest BCUT2D eigenvalue weighted by molar-refractivity contribution is 0.0489. The quantitative estimate of drug-likeness (QED) is 0.729. The highest BCUT2D eigenvalue weighted by Crippen LogP contribution is 2.28. The Morgan fingerprint density at radius 2 is 1.78 bits per heavy atom. The summed E-state index contributed by atoms with van der Waals surface area (Å²) in [4.78, 5) is 14.5. The minimum Gasteiger partial charge on any atom is -0.462 e. The second kappa shape index (κ2) is 7.82. The van der Waals surface area contributed by atoms with E-state index < -0.39 is 0 Å². The number of nitrogens with zero attached hydrogens (tertiary/aromatic N) is 1. The van der Waals surface area contributed by atoms with Gasteiger partial charge in [-0.25, -0.2) is 4.79 Å². The van der Waals surface area contributed by atoms with Gasteiger partial charge >= 0.3 is 5.97 Å². The van der Waals surface area contributed by atoms with Crippen molar-refractivity contribution in [1.29, 1.82) is 0 Å². The van der Waals surface area contributed by atoms with Gasteiger partial charge in [0.05, 0.1) is 12.2 Å². The molecular weight excluding hydrogens is 286 g/mol. The van der Waals surface area contributed by atoms with E-state index in [2.05, 4.69) is 13.8 Å². The van der Waals surface area contributed by atoms with Crippen molar-refractivity contribution in [3.8, 4) is 11.1 Å². The fourth-order valence-electron chi connectivity index (χ4n) is 2.31. The number of rotatable bonds is 6. The summed E-state index contributed by atoms with van der Waals surface area (Å²) in [5.41, 5.74) is 3.60. The van der Waals surface area contributed by atoms with Gasteiger partial charge in [0.15, 0.2) is 0 Å². The molecule has 2 aromatic carbocycles. The molecule has 23 heavy (non-hydrogen) atoms. The van der Waals surface area contributed by atoms with Crippen LogP contribution in [0.15, 0.2) is 48.5 Å². The molecule has 0 atom stereocenters. The number of benzene rings is 2. The van der Waals surface area contributed by atoms with E-state index in [1.54, 1.807) is 0 Å². The predicted octanol–water partition coefficient (Wildman–Crippen LogP) is 4.62. The fraction of sp³-hybridized carbons (Fsp3) is 0.350. The molecule has 0 bridgehead atoms. The topological polar surface area (TPSA) is 29.5 Å². The van der Waals surface area contributed by atoms with E-state index in [1.165, 1.54) is 0 Å². The molecule has 0 aliphatic rings. The van der Waals surface area contributed by atoms with Gasteiger partial charge in [0, 0.05) is 19.8 Å². The van der Waals surface area contributed by atoms with Crippen molar-refractivity contribution in [3.05, 3.63) is 54.1 Å². The van der Waals surface area contributed by atoms with E-state index in [0.29, 0.717) is 18.1 Å². The molecule has 0 aromatic heterocycles. The number of anilines is 1. The van der Waals surface area contributed by atoms with Gasteiger partial charge in [-0.05, 0) is 41.7 Å². The molecule has 2 rings (SSSR count). The van der Waals surface area contributed by atoms with Gasteiger partial charge in [-0.15, -0.1) is 0 Å². The Morgan fingerprint density at radius 3 is 2.39 bits per heavy atom. The molecule has 0 fully saturated rings. The van der Waals surface area contributed by atoms with Gasteiger partial charge in [0.1, 0.15) is 0 Å². The molecule has 0 spiro atoms. The van der Waals surface area contributed by atoms with Crippen LogP contribution in [0.4, 0.5) is 5.69 Å². The molecular formula is C20H25NO2. The molecule has 3 heteroatoms. The standard InChI is InChI=1S/C20H25NO2/c1-15(2)12-13-23-20(22)18-11-10-17(21(3)4)14-19(18)16-8-6-5-7-9-16/h5-11,14-15H,12-13H2,1-4H3. The van der Waals surface area contributed by atoms with E-state index in [1.807, 2.05) is 67.5 Å². The lowest BCUT2D eigenvalue weighted by Crippen LogP contribution is -2.12. The average Bonchev–Trinajstić information content (AvgIpc) is 2.54. The Bertz CT molecular complexity index is 648. The lowest BCUT2D eigenvalue weighted by atomic mass is 9.98. The highest BCUT2D eigenvalue weighted by atomic mass is 16.5. The molecule has 0 N–H and O–H groups in total. The second-order valence-corrected chi connectivity index (χ2v) is 6.31. The molecule has 0 aliphatic heterocycles. The highest BCUT2D eigenvalue weighted by Gasteiger charge is 2.15. The molecule has 0 saturated carbocycles. The Morgan fingerprint density at radius 1 is 1.09 bits per heavy atom. The van der Waals surface area contributed by atoms with E-state index in [9.17, 15) is 4.79 Å². The van der Waals surface area contributed by atoms with Gasteiger partial charge in [-0.1, -0.05) is 44.2 Å². The van der Waals surface area contributed by atoms with E-state index in [4.69, 9.17) is 4.74 Å². The van der Waals surface area contributed by atoms with Gasteiger partial charge in [-0.2, -0.15) is 0 Å². The van der Waals surface area contributed by atoms with Crippen LogP contribution in [0.25, 0.3) is 11.1 Å². The number of hydrogen-bond acceptors (Lipinski definition) is 3. The SMILES string of the molecule is CC(C)CCOC(=O)c1ccc(N(C)C)cc1-c1ccccc1. The van der Waals surface area contributed by atoms with Crippen molar-refractivity contribution in [2.24, 2.45) is 5.92 Å².